The number of hydrogen-bond acceptors (Lipinski definition) is 2. The van der Waals surface area contributed by atoms with E-state index in [9.17, 15) is 0 Å². The summed E-state index contributed by atoms with van der Waals surface area (Å²) in [5.74, 6) is 0. The highest BCUT2D eigenvalue weighted by molar-refractivity contribution is 6.32. The van der Waals surface area contributed by atoms with Gasteiger partial charge in [0.25, 0.3) is 0 Å². The Morgan fingerprint density at radius 2 is 2.14 bits per heavy atom. The van der Waals surface area contributed by atoms with Gasteiger partial charge in [0.1, 0.15) is 0 Å². The molecule has 2 N–H and O–H groups in total. The second kappa shape index (κ2) is 4.69. The Hall–Kier alpha value is -1.46. The highest BCUT2D eigenvalue weighted by atomic mass is 35.5. The van der Waals surface area contributed by atoms with Crippen molar-refractivity contribution in [3.05, 3.63) is 40.4 Å². The summed E-state index contributed by atoms with van der Waals surface area (Å²) in [6.07, 6.45) is 0.619. The fraction of sp³-hybridized carbons (Fsp3) is 0.182. The maximum Gasteiger partial charge on any atom is 0.0968 e. The first kappa shape index (κ1) is 10.6. The molecule has 0 bridgehead atoms. The van der Waals surface area contributed by atoms with Crippen LogP contribution in [-0.2, 0) is 0 Å². The Morgan fingerprint density at radius 3 is 2.64 bits per heavy atom. The zero-order valence-electron chi connectivity index (χ0n) is 7.92. The fourth-order valence-corrected chi connectivity index (χ4v) is 1.41. The van der Waals surface area contributed by atoms with Crippen LogP contribution < -0.4 is 5.73 Å². The lowest BCUT2D eigenvalue weighted by Gasteiger charge is -2.05. The van der Waals surface area contributed by atoms with Gasteiger partial charge in [-0.2, -0.15) is 5.26 Å². The fourth-order valence-electron chi connectivity index (χ4n) is 1.17. The molecule has 0 radical (unpaired) electrons. The van der Waals surface area contributed by atoms with E-state index in [1.807, 2.05) is 25.1 Å². The summed E-state index contributed by atoms with van der Waals surface area (Å²) < 4.78 is 0. The van der Waals surface area contributed by atoms with Crippen LogP contribution in [0.25, 0.3) is 5.70 Å². The van der Waals surface area contributed by atoms with Crippen LogP contribution in [0.1, 0.15) is 18.9 Å². The van der Waals surface area contributed by atoms with Crippen molar-refractivity contribution >= 4 is 17.3 Å². The summed E-state index contributed by atoms with van der Waals surface area (Å²) in [6, 6.07) is 9.32. The number of nitrogens with two attached hydrogens (primary N) is 1. The molecule has 0 amide bonds. The minimum absolute atomic E-state index is 0.473. The molecule has 0 unspecified atom stereocenters. The van der Waals surface area contributed by atoms with Gasteiger partial charge in [-0.05, 0) is 12.5 Å². The van der Waals surface area contributed by atoms with E-state index in [4.69, 9.17) is 22.6 Å². The van der Waals surface area contributed by atoms with Gasteiger partial charge >= 0.3 is 0 Å². The first-order valence-corrected chi connectivity index (χ1v) is 4.72. The highest BCUT2D eigenvalue weighted by Gasteiger charge is 2.06. The van der Waals surface area contributed by atoms with Gasteiger partial charge in [-0.3, -0.25) is 0 Å². The van der Waals surface area contributed by atoms with Crippen molar-refractivity contribution in [2.75, 3.05) is 0 Å². The summed E-state index contributed by atoms with van der Waals surface area (Å²) in [5, 5.41) is 9.39. The third-order valence-corrected chi connectivity index (χ3v) is 2.31. The molecule has 0 aliphatic rings. The van der Waals surface area contributed by atoms with E-state index in [1.54, 1.807) is 6.07 Å². The van der Waals surface area contributed by atoms with Crippen molar-refractivity contribution in [3.63, 3.8) is 0 Å². The molecular formula is C11H11ClN2. The number of nitriles is 1. The third-order valence-electron chi connectivity index (χ3n) is 1.98. The number of benzene rings is 1. The zero-order chi connectivity index (χ0) is 10.6. The quantitative estimate of drug-likeness (QED) is 0.757. The average molecular weight is 207 g/mol. The maximum absolute atomic E-state index is 8.82. The molecule has 14 heavy (non-hydrogen) atoms. The van der Waals surface area contributed by atoms with Crippen LogP contribution in [0.5, 0.6) is 0 Å². The topological polar surface area (TPSA) is 49.8 Å². The molecule has 72 valence electrons. The van der Waals surface area contributed by atoms with Crippen LogP contribution in [0.2, 0.25) is 5.02 Å². The Kier molecular flexibility index (Phi) is 3.55. The lowest BCUT2D eigenvalue weighted by Crippen LogP contribution is -2.01. The highest BCUT2D eigenvalue weighted by Crippen LogP contribution is 2.23. The second-order valence-electron chi connectivity index (χ2n) is 2.84. The predicted molar refractivity (Wildman–Crippen MR) is 58.5 cm³/mol. The summed E-state index contributed by atoms with van der Waals surface area (Å²) in [7, 11) is 0. The normalized spacial score (nSPS) is 11.8. The van der Waals surface area contributed by atoms with E-state index < -0.39 is 0 Å². The van der Waals surface area contributed by atoms with Gasteiger partial charge in [0.15, 0.2) is 0 Å². The van der Waals surface area contributed by atoms with E-state index in [0.717, 1.165) is 5.56 Å². The second-order valence-corrected chi connectivity index (χ2v) is 3.24. The molecule has 1 rings (SSSR count). The van der Waals surface area contributed by atoms with Crippen LogP contribution in [-0.4, -0.2) is 0 Å². The molecule has 0 saturated carbocycles. The van der Waals surface area contributed by atoms with Crippen LogP contribution in [0.3, 0.4) is 0 Å². The van der Waals surface area contributed by atoms with Crippen LogP contribution in [0.4, 0.5) is 0 Å². The summed E-state index contributed by atoms with van der Waals surface area (Å²) >= 11 is 5.95. The summed E-state index contributed by atoms with van der Waals surface area (Å²) in [4.78, 5) is 0. The zero-order valence-corrected chi connectivity index (χ0v) is 8.67. The number of nitrogens with zero attached hydrogens (tertiary/aromatic N) is 1. The van der Waals surface area contributed by atoms with Gasteiger partial charge in [0, 0.05) is 10.6 Å². The Labute approximate surface area is 88.6 Å². The lowest BCUT2D eigenvalue weighted by atomic mass is 10.1. The predicted octanol–water partition coefficient (Wildman–Crippen LogP) is 2.94. The van der Waals surface area contributed by atoms with Gasteiger partial charge in [0.2, 0.25) is 0 Å². The molecule has 1 aromatic carbocycles. The molecule has 0 fully saturated rings. The van der Waals surface area contributed by atoms with E-state index in [2.05, 4.69) is 6.07 Å². The van der Waals surface area contributed by atoms with Gasteiger partial charge in [0.05, 0.1) is 17.3 Å². The van der Waals surface area contributed by atoms with Crippen molar-refractivity contribution in [2.45, 2.75) is 13.3 Å². The van der Waals surface area contributed by atoms with E-state index in [1.165, 1.54) is 0 Å². The Balaban J connectivity index is 3.25. The molecule has 0 aromatic heterocycles. The third kappa shape index (κ3) is 2.07. The monoisotopic (exact) mass is 206 g/mol. The van der Waals surface area contributed by atoms with Gasteiger partial charge in [-0.15, -0.1) is 0 Å². The van der Waals surface area contributed by atoms with Crippen molar-refractivity contribution in [3.8, 4) is 6.07 Å². The minimum atomic E-state index is 0.473. The van der Waals surface area contributed by atoms with Gasteiger partial charge < -0.3 is 5.73 Å². The average Bonchev–Trinajstić information content (AvgIpc) is 2.20. The molecule has 2 nitrogen and oxygen atoms in total. The Bertz CT molecular complexity index is 402. The molecule has 3 heteroatoms. The standard InChI is InChI=1S/C11H11ClN2/c1-2-8(7-13)11(14)9-5-3-4-6-10(9)12/h3-6H,2,14H2,1H3/b11-8-. The number of hydrogen-bond donors (Lipinski definition) is 1. The summed E-state index contributed by atoms with van der Waals surface area (Å²) in [5.41, 5.74) is 7.60. The van der Waals surface area contributed by atoms with Crippen LogP contribution in [0, 0.1) is 11.3 Å². The molecule has 0 aliphatic carbocycles. The maximum atomic E-state index is 8.82. The van der Waals surface area contributed by atoms with Crippen molar-refractivity contribution < 1.29 is 0 Å². The van der Waals surface area contributed by atoms with Crippen molar-refractivity contribution in [1.82, 2.24) is 0 Å². The van der Waals surface area contributed by atoms with Gasteiger partial charge in [-0.1, -0.05) is 36.7 Å². The molecular weight excluding hydrogens is 196 g/mol. The van der Waals surface area contributed by atoms with E-state index >= 15 is 0 Å². The molecule has 0 spiro atoms. The van der Waals surface area contributed by atoms with Crippen LogP contribution >= 0.6 is 11.6 Å². The SMILES string of the molecule is CC/C(C#N)=C(/N)c1ccccc1Cl. The molecule has 0 atom stereocenters. The number of allylic oxidation sites excluding steroid dienone is 1. The van der Waals surface area contributed by atoms with E-state index in [0.29, 0.717) is 22.7 Å². The molecule has 0 heterocycles. The van der Waals surface area contributed by atoms with Crippen LogP contribution in [0.15, 0.2) is 29.8 Å². The minimum Gasteiger partial charge on any atom is -0.397 e. The first-order valence-electron chi connectivity index (χ1n) is 4.34. The van der Waals surface area contributed by atoms with E-state index in [-0.39, 0.29) is 0 Å². The summed E-state index contributed by atoms with van der Waals surface area (Å²) in [6.45, 7) is 1.89. The number of halogens is 1. The number of rotatable bonds is 2. The largest absolute Gasteiger partial charge is 0.397 e. The molecule has 0 saturated heterocycles. The smallest absolute Gasteiger partial charge is 0.0968 e. The van der Waals surface area contributed by atoms with Gasteiger partial charge in [-0.25, -0.2) is 0 Å². The Morgan fingerprint density at radius 1 is 1.50 bits per heavy atom. The van der Waals surface area contributed by atoms with Crippen molar-refractivity contribution in [1.29, 1.82) is 5.26 Å². The van der Waals surface area contributed by atoms with Crippen molar-refractivity contribution in [2.24, 2.45) is 5.73 Å². The lowest BCUT2D eigenvalue weighted by molar-refractivity contribution is 1.14. The molecule has 1 aromatic rings. The first-order chi connectivity index (χ1) is 6.70. The molecule has 0 aliphatic heterocycles.